The Hall–Kier alpha value is -2.44. The van der Waals surface area contributed by atoms with E-state index in [4.69, 9.17) is 11.6 Å². The second-order valence-corrected chi connectivity index (χ2v) is 10.4. The fourth-order valence-electron chi connectivity index (χ4n) is 5.07. The molecule has 2 saturated heterocycles. The van der Waals surface area contributed by atoms with Crippen molar-refractivity contribution in [2.75, 3.05) is 4.90 Å². The molecule has 2 amide bonds. The Balaban J connectivity index is 1.68. The average molecular weight is 441 g/mol. The molecule has 0 saturated carbocycles. The lowest BCUT2D eigenvalue weighted by Gasteiger charge is -2.38. The number of rotatable bonds is 2. The molecule has 2 fully saturated rings. The van der Waals surface area contributed by atoms with Crippen LogP contribution in [0.1, 0.15) is 36.0 Å². The highest BCUT2D eigenvalue weighted by atomic mass is 35.5. The third-order valence-electron chi connectivity index (χ3n) is 6.17. The minimum Gasteiger partial charge on any atom is -0.352 e. The molecule has 5 nitrogen and oxygen atoms in total. The van der Waals surface area contributed by atoms with Crippen molar-refractivity contribution in [2.24, 2.45) is 11.8 Å². The highest BCUT2D eigenvalue weighted by molar-refractivity contribution is 7.12. The summed E-state index contributed by atoms with van der Waals surface area (Å²) in [6.07, 6.45) is 3.88. The monoisotopic (exact) mass is 440 g/mol. The fourth-order valence-corrected chi connectivity index (χ4v) is 5.95. The summed E-state index contributed by atoms with van der Waals surface area (Å²) in [6.45, 7) is 5.56. The molecule has 3 aliphatic rings. The van der Waals surface area contributed by atoms with Crippen molar-refractivity contribution < 1.29 is 14.4 Å². The Bertz CT molecular complexity index is 1100. The van der Waals surface area contributed by atoms with Gasteiger partial charge in [-0.3, -0.25) is 19.3 Å². The van der Waals surface area contributed by atoms with Gasteiger partial charge in [-0.05, 0) is 56.0 Å². The Kier molecular flexibility index (Phi) is 4.25. The zero-order chi connectivity index (χ0) is 21.4. The van der Waals surface area contributed by atoms with E-state index in [2.05, 4.69) is 0 Å². The highest BCUT2D eigenvalue weighted by Crippen LogP contribution is 2.50. The molecule has 7 heteroatoms. The quantitative estimate of drug-likeness (QED) is 0.517. The molecule has 0 bridgehead atoms. The lowest BCUT2D eigenvalue weighted by Crippen LogP contribution is -2.52. The summed E-state index contributed by atoms with van der Waals surface area (Å²) in [6, 6.07) is 8.03. The number of hydrogen-bond acceptors (Lipinski definition) is 5. The minimum absolute atomic E-state index is 0.115. The smallest absolute Gasteiger partial charge is 0.236 e. The van der Waals surface area contributed by atoms with Crippen LogP contribution in [-0.2, 0) is 9.59 Å². The van der Waals surface area contributed by atoms with E-state index in [1.54, 1.807) is 12.1 Å². The van der Waals surface area contributed by atoms with E-state index in [9.17, 15) is 14.4 Å². The maximum absolute atomic E-state index is 13.6. The summed E-state index contributed by atoms with van der Waals surface area (Å²) >= 11 is 7.54. The molecule has 0 aliphatic carbocycles. The molecule has 4 atom stereocenters. The molecule has 1 aromatic heterocycles. The van der Waals surface area contributed by atoms with Crippen LogP contribution in [0.5, 0.6) is 0 Å². The number of thiophene rings is 1. The van der Waals surface area contributed by atoms with Gasteiger partial charge in [-0.2, -0.15) is 0 Å². The lowest BCUT2D eigenvalue weighted by molar-refractivity contribution is -0.145. The summed E-state index contributed by atoms with van der Waals surface area (Å²) < 4.78 is 0. The number of hydrogen-bond donors (Lipinski definition) is 0. The van der Waals surface area contributed by atoms with Gasteiger partial charge in [0.25, 0.3) is 0 Å². The molecule has 30 heavy (non-hydrogen) atoms. The van der Waals surface area contributed by atoms with Crippen molar-refractivity contribution >= 4 is 52.3 Å². The van der Waals surface area contributed by atoms with Gasteiger partial charge >= 0.3 is 0 Å². The first-order chi connectivity index (χ1) is 14.2. The number of carbonyl (C=O) groups excluding carboxylic acids is 3. The van der Waals surface area contributed by atoms with Crippen molar-refractivity contribution in [1.29, 1.82) is 0 Å². The Labute approximate surface area is 183 Å². The van der Waals surface area contributed by atoms with Gasteiger partial charge in [-0.25, -0.2) is 0 Å². The van der Waals surface area contributed by atoms with Crippen molar-refractivity contribution in [2.45, 2.75) is 38.4 Å². The van der Waals surface area contributed by atoms with Gasteiger partial charge in [-0.1, -0.05) is 29.8 Å². The number of halogens is 1. The molecule has 154 valence electrons. The molecule has 1 aromatic carbocycles. The van der Waals surface area contributed by atoms with Crippen LogP contribution in [0.3, 0.4) is 0 Å². The maximum atomic E-state index is 13.6. The first-order valence-electron chi connectivity index (χ1n) is 9.92. The summed E-state index contributed by atoms with van der Waals surface area (Å²) in [7, 11) is 0. The van der Waals surface area contributed by atoms with Crippen LogP contribution in [0.2, 0.25) is 5.02 Å². The SMILES string of the molecule is CC(C)(C)N1C(=O)[C@@H]2[C@H](C1=O)[C@H]1C=Cc3cc(Cl)ccc3N1[C@@H]2C(=O)c1cccs1. The summed E-state index contributed by atoms with van der Waals surface area (Å²) in [5, 5.41) is 2.45. The number of amides is 2. The van der Waals surface area contributed by atoms with Gasteiger partial charge < -0.3 is 4.90 Å². The van der Waals surface area contributed by atoms with Crippen molar-refractivity contribution in [3.05, 3.63) is 57.3 Å². The predicted octanol–water partition coefficient (Wildman–Crippen LogP) is 4.27. The number of carbonyl (C=O) groups is 3. The second-order valence-electron chi connectivity index (χ2n) is 8.98. The standard InChI is InChI=1S/C23H21ClN2O3S/c1-23(2,3)26-21(28)17-15-8-6-12-11-13(24)7-9-14(12)25(15)19(18(17)22(26)29)20(27)16-5-4-10-30-16/h4-11,15,17-19H,1-3H3/t15-,17-,18-,19+/m1/s1. The molecule has 2 aromatic rings. The topological polar surface area (TPSA) is 57.7 Å². The molecular weight excluding hydrogens is 420 g/mol. The van der Waals surface area contributed by atoms with Crippen LogP contribution in [0.25, 0.3) is 6.08 Å². The van der Waals surface area contributed by atoms with E-state index < -0.39 is 23.4 Å². The molecule has 0 radical (unpaired) electrons. The summed E-state index contributed by atoms with van der Waals surface area (Å²) in [5.74, 6) is -1.86. The molecule has 0 spiro atoms. The van der Waals surface area contributed by atoms with Crippen LogP contribution in [0, 0.1) is 11.8 Å². The van der Waals surface area contributed by atoms with E-state index in [0.717, 1.165) is 11.3 Å². The zero-order valence-electron chi connectivity index (χ0n) is 16.8. The van der Waals surface area contributed by atoms with Gasteiger partial charge in [0.15, 0.2) is 5.78 Å². The number of anilines is 1. The highest BCUT2D eigenvalue weighted by Gasteiger charge is 2.65. The van der Waals surface area contributed by atoms with E-state index >= 15 is 0 Å². The van der Waals surface area contributed by atoms with Crippen LogP contribution >= 0.6 is 22.9 Å². The Morgan fingerprint density at radius 2 is 1.83 bits per heavy atom. The second kappa shape index (κ2) is 6.53. The summed E-state index contributed by atoms with van der Waals surface area (Å²) in [5.41, 5.74) is 1.08. The van der Waals surface area contributed by atoms with Crippen molar-refractivity contribution in [3.8, 4) is 0 Å². The van der Waals surface area contributed by atoms with Gasteiger partial charge in [0.05, 0.1) is 22.8 Å². The maximum Gasteiger partial charge on any atom is 0.236 e. The minimum atomic E-state index is -0.729. The first-order valence-corrected chi connectivity index (χ1v) is 11.2. The van der Waals surface area contributed by atoms with Crippen LogP contribution < -0.4 is 4.90 Å². The third-order valence-corrected chi connectivity index (χ3v) is 7.29. The number of likely N-dealkylation sites (tertiary alicyclic amines) is 1. The summed E-state index contributed by atoms with van der Waals surface area (Å²) in [4.78, 5) is 44.5. The molecule has 4 heterocycles. The number of imide groups is 1. The number of nitrogens with zero attached hydrogens (tertiary/aromatic N) is 2. The zero-order valence-corrected chi connectivity index (χ0v) is 18.4. The molecule has 3 aliphatic heterocycles. The van der Waals surface area contributed by atoms with Crippen molar-refractivity contribution in [3.63, 3.8) is 0 Å². The van der Waals surface area contributed by atoms with Gasteiger partial charge in [0, 0.05) is 16.2 Å². The number of ketones is 1. The lowest BCUT2D eigenvalue weighted by atomic mass is 9.87. The van der Waals surface area contributed by atoms with E-state index in [1.807, 2.05) is 61.4 Å². The molecule has 0 N–H and O–H groups in total. The number of fused-ring (bicyclic) bond motifs is 5. The predicted molar refractivity (Wildman–Crippen MR) is 118 cm³/mol. The first kappa shape index (κ1) is 19.5. The normalized spacial score (nSPS) is 27.3. The third kappa shape index (κ3) is 2.63. The van der Waals surface area contributed by atoms with Crippen LogP contribution in [-0.4, -0.2) is 40.1 Å². The molecule has 0 unspecified atom stereocenters. The number of Topliss-reactive ketones (excluding diaryl/α,β-unsaturated/α-hetero) is 1. The van der Waals surface area contributed by atoms with E-state index in [-0.39, 0.29) is 23.6 Å². The molecular formula is C23H21ClN2O3S. The largest absolute Gasteiger partial charge is 0.352 e. The average Bonchev–Trinajstić information content (AvgIpc) is 3.37. The van der Waals surface area contributed by atoms with E-state index in [0.29, 0.717) is 9.90 Å². The Morgan fingerprint density at radius 3 is 2.50 bits per heavy atom. The van der Waals surface area contributed by atoms with E-state index in [1.165, 1.54) is 16.2 Å². The van der Waals surface area contributed by atoms with Crippen LogP contribution in [0.4, 0.5) is 5.69 Å². The molecule has 5 rings (SSSR count). The van der Waals surface area contributed by atoms with Crippen molar-refractivity contribution in [1.82, 2.24) is 4.90 Å². The fraction of sp³-hybridized carbons (Fsp3) is 0.348. The van der Waals surface area contributed by atoms with Crippen LogP contribution in [0.15, 0.2) is 41.8 Å². The Morgan fingerprint density at radius 1 is 1.10 bits per heavy atom. The van der Waals surface area contributed by atoms with Gasteiger partial charge in [-0.15, -0.1) is 11.3 Å². The number of benzene rings is 1. The van der Waals surface area contributed by atoms with Gasteiger partial charge in [0.2, 0.25) is 11.8 Å². The van der Waals surface area contributed by atoms with Gasteiger partial charge in [0.1, 0.15) is 6.04 Å².